The second kappa shape index (κ2) is 10.3. The minimum absolute atomic E-state index is 0.0849. The average molecular weight is 378 g/mol. The Morgan fingerprint density at radius 1 is 1.26 bits per heavy atom. The summed E-state index contributed by atoms with van der Waals surface area (Å²) in [7, 11) is 0. The number of amides is 1. The molecule has 1 saturated heterocycles. The number of piperidine rings is 1. The van der Waals surface area contributed by atoms with Gasteiger partial charge < -0.3 is 20.4 Å². The van der Waals surface area contributed by atoms with Crippen molar-refractivity contribution in [3.05, 3.63) is 24.2 Å². The molecule has 1 aromatic heterocycles. The number of nitrogens with zero attached hydrogens (tertiary/aromatic N) is 2. The minimum Gasteiger partial charge on any atom is -0.468 e. The van der Waals surface area contributed by atoms with Crippen molar-refractivity contribution in [2.45, 2.75) is 58.5 Å². The molecule has 2 rings (SSSR count). The molecule has 1 amide bonds. The fourth-order valence-electron chi connectivity index (χ4n) is 3.26. The molecule has 1 aromatic rings. The van der Waals surface area contributed by atoms with Crippen LogP contribution < -0.4 is 16.0 Å². The Labute approximate surface area is 163 Å². The SMILES string of the molecule is CCNC(=NCC(=O)NC(C)(C)C)NCC(c1ccco1)N1CCCCC1. The number of hydrogen-bond donors (Lipinski definition) is 3. The van der Waals surface area contributed by atoms with Crippen LogP contribution >= 0.6 is 0 Å². The first-order valence-electron chi connectivity index (χ1n) is 9.99. The lowest BCUT2D eigenvalue weighted by atomic mass is 10.1. The average Bonchev–Trinajstić information content (AvgIpc) is 3.13. The van der Waals surface area contributed by atoms with Crippen LogP contribution in [0.25, 0.3) is 0 Å². The Hall–Kier alpha value is -2.02. The van der Waals surface area contributed by atoms with Crippen LogP contribution in [-0.4, -0.2) is 55.0 Å². The summed E-state index contributed by atoms with van der Waals surface area (Å²) in [4.78, 5) is 18.9. The normalized spacial score (nSPS) is 17.4. The largest absolute Gasteiger partial charge is 0.468 e. The van der Waals surface area contributed by atoms with Crippen molar-refractivity contribution < 1.29 is 9.21 Å². The van der Waals surface area contributed by atoms with Gasteiger partial charge in [0.05, 0.1) is 12.3 Å². The fourth-order valence-corrected chi connectivity index (χ4v) is 3.26. The minimum atomic E-state index is -0.253. The van der Waals surface area contributed by atoms with E-state index in [0.29, 0.717) is 12.5 Å². The predicted octanol–water partition coefficient (Wildman–Crippen LogP) is 2.28. The molecule has 3 N–H and O–H groups in total. The number of nitrogens with one attached hydrogen (secondary N) is 3. The molecular formula is C20H35N5O2. The van der Waals surface area contributed by atoms with E-state index in [-0.39, 0.29) is 24.0 Å². The Morgan fingerprint density at radius 3 is 2.59 bits per heavy atom. The van der Waals surface area contributed by atoms with E-state index in [0.717, 1.165) is 25.4 Å². The molecule has 1 fully saturated rings. The van der Waals surface area contributed by atoms with Crippen LogP contribution in [0.15, 0.2) is 27.8 Å². The maximum absolute atomic E-state index is 12.0. The van der Waals surface area contributed by atoms with E-state index < -0.39 is 0 Å². The van der Waals surface area contributed by atoms with Crippen LogP contribution in [0.2, 0.25) is 0 Å². The zero-order valence-corrected chi connectivity index (χ0v) is 17.2. The Balaban J connectivity index is 1.98. The first-order valence-corrected chi connectivity index (χ1v) is 9.99. The van der Waals surface area contributed by atoms with Crippen molar-refractivity contribution in [2.24, 2.45) is 4.99 Å². The number of likely N-dealkylation sites (tertiary alicyclic amines) is 1. The number of guanidine groups is 1. The van der Waals surface area contributed by atoms with Gasteiger partial charge in [0, 0.05) is 18.6 Å². The fraction of sp³-hybridized carbons (Fsp3) is 0.700. The molecule has 7 heteroatoms. The van der Waals surface area contributed by atoms with Gasteiger partial charge in [0.25, 0.3) is 0 Å². The summed E-state index contributed by atoms with van der Waals surface area (Å²) >= 11 is 0. The van der Waals surface area contributed by atoms with Gasteiger partial charge in [-0.2, -0.15) is 0 Å². The van der Waals surface area contributed by atoms with Crippen LogP contribution in [-0.2, 0) is 4.79 Å². The standard InChI is InChI=1S/C20H35N5O2/c1-5-21-19(23-15-18(26)24-20(2,3)4)22-14-16(17-10-9-13-27-17)25-11-7-6-8-12-25/h9-10,13,16H,5-8,11-12,14-15H2,1-4H3,(H,24,26)(H2,21,22,23). The van der Waals surface area contributed by atoms with E-state index in [4.69, 9.17) is 4.42 Å². The maximum atomic E-state index is 12.0. The first-order chi connectivity index (χ1) is 12.9. The third kappa shape index (κ3) is 7.62. The van der Waals surface area contributed by atoms with Crippen molar-refractivity contribution in [2.75, 3.05) is 32.7 Å². The van der Waals surface area contributed by atoms with Gasteiger partial charge in [0.15, 0.2) is 5.96 Å². The molecule has 0 saturated carbocycles. The van der Waals surface area contributed by atoms with E-state index in [1.54, 1.807) is 6.26 Å². The van der Waals surface area contributed by atoms with E-state index in [1.807, 2.05) is 39.8 Å². The summed E-state index contributed by atoms with van der Waals surface area (Å²) in [6, 6.07) is 4.12. The van der Waals surface area contributed by atoms with Crippen LogP contribution in [0, 0.1) is 0 Å². The summed E-state index contributed by atoms with van der Waals surface area (Å²) in [5.41, 5.74) is -0.253. The molecule has 0 aromatic carbocycles. The number of aliphatic imine (C=N–C) groups is 1. The maximum Gasteiger partial charge on any atom is 0.242 e. The summed E-state index contributed by atoms with van der Waals surface area (Å²) in [5.74, 6) is 1.53. The van der Waals surface area contributed by atoms with Gasteiger partial charge in [-0.15, -0.1) is 0 Å². The number of rotatable bonds is 7. The Bertz CT molecular complexity index is 586. The predicted molar refractivity (Wildman–Crippen MR) is 109 cm³/mol. The van der Waals surface area contributed by atoms with Gasteiger partial charge in [-0.25, -0.2) is 4.99 Å². The highest BCUT2D eigenvalue weighted by Gasteiger charge is 2.24. The molecule has 1 unspecified atom stereocenters. The van der Waals surface area contributed by atoms with Crippen LogP contribution in [0.5, 0.6) is 0 Å². The first kappa shape index (κ1) is 21.3. The highest BCUT2D eigenvalue weighted by Crippen LogP contribution is 2.24. The lowest BCUT2D eigenvalue weighted by Crippen LogP contribution is -2.45. The molecule has 7 nitrogen and oxygen atoms in total. The van der Waals surface area contributed by atoms with Gasteiger partial charge in [-0.1, -0.05) is 6.42 Å². The molecule has 1 atom stereocenters. The van der Waals surface area contributed by atoms with Crippen molar-refractivity contribution >= 4 is 11.9 Å². The summed E-state index contributed by atoms with van der Waals surface area (Å²) in [6.07, 6.45) is 5.46. The van der Waals surface area contributed by atoms with Crippen molar-refractivity contribution in [3.8, 4) is 0 Å². The van der Waals surface area contributed by atoms with Gasteiger partial charge >= 0.3 is 0 Å². The Morgan fingerprint density at radius 2 is 2.00 bits per heavy atom. The van der Waals surface area contributed by atoms with Gasteiger partial charge in [-0.05, 0) is 65.8 Å². The molecule has 2 heterocycles. The third-order valence-electron chi connectivity index (χ3n) is 4.41. The molecule has 152 valence electrons. The van der Waals surface area contributed by atoms with Crippen molar-refractivity contribution in [3.63, 3.8) is 0 Å². The summed E-state index contributed by atoms with van der Waals surface area (Å²) < 4.78 is 5.69. The molecule has 0 bridgehead atoms. The third-order valence-corrected chi connectivity index (χ3v) is 4.41. The molecule has 0 radical (unpaired) electrons. The van der Waals surface area contributed by atoms with Gasteiger partial charge in [0.2, 0.25) is 5.91 Å². The second-order valence-electron chi connectivity index (χ2n) is 8.00. The number of hydrogen-bond acceptors (Lipinski definition) is 4. The van der Waals surface area contributed by atoms with Crippen molar-refractivity contribution in [1.29, 1.82) is 0 Å². The number of furan rings is 1. The lowest BCUT2D eigenvalue weighted by molar-refractivity contribution is -0.121. The van der Waals surface area contributed by atoms with E-state index >= 15 is 0 Å². The van der Waals surface area contributed by atoms with E-state index in [2.05, 4.69) is 25.8 Å². The monoisotopic (exact) mass is 377 g/mol. The lowest BCUT2D eigenvalue weighted by Gasteiger charge is -2.33. The van der Waals surface area contributed by atoms with Crippen LogP contribution in [0.1, 0.15) is 58.8 Å². The zero-order valence-electron chi connectivity index (χ0n) is 17.2. The highest BCUT2D eigenvalue weighted by atomic mass is 16.3. The van der Waals surface area contributed by atoms with Gasteiger partial charge in [-0.3, -0.25) is 9.69 Å². The molecule has 27 heavy (non-hydrogen) atoms. The zero-order chi connectivity index (χ0) is 19.7. The quantitative estimate of drug-likeness (QED) is 0.502. The summed E-state index contributed by atoms with van der Waals surface area (Å²) in [6.45, 7) is 11.6. The van der Waals surface area contributed by atoms with Crippen LogP contribution in [0.4, 0.5) is 0 Å². The smallest absolute Gasteiger partial charge is 0.242 e. The van der Waals surface area contributed by atoms with Gasteiger partial charge in [0.1, 0.15) is 12.3 Å². The second-order valence-corrected chi connectivity index (χ2v) is 8.00. The molecule has 0 spiro atoms. The van der Waals surface area contributed by atoms with E-state index in [9.17, 15) is 4.79 Å². The molecular weight excluding hydrogens is 342 g/mol. The Kier molecular flexibility index (Phi) is 8.16. The molecule has 1 aliphatic heterocycles. The molecule has 1 aliphatic rings. The van der Waals surface area contributed by atoms with E-state index in [1.165, 1.54) is 19.3 Å². The molecule has 0 aliphatic carbocycles. The highest BCUT2D eigenvalue weighted by molar-refractivity contribution is 5.85. The van der Waals surface area contributed by atoms with Crippen molar-refractivity contribution in [1.82, 2.24) is 20.9 Å². The number of carbonyl (C=O) groups is 1. The number of carbonyl (C=O) groups excluding carboxylic acids is 1. The summed E-state index contributed by atoms with van der Waals surface area (Å²) in [5, 5.41) is 9.53. The topological polar surface area (TPSA) is 81.9 Å². The van der Waals surface area contributed by atoms with Crippen LogP contribution in [0.3, 0.4) is 0 Å².